The molecule has 0 aliphatic heterocycles. The molecular weight excluding hydrogens is 326 g/mol. The zero-order valence-corrected chi connectivity index (χ0v) is 15.3. The Hall–Kier alpha value is -2.90. The van der Waals surface area contributed by atoms with Gasteiger partial charge in [-0.1, -0.05) is 42.0 Å². The highest BCUT2D eigenvalue weighted by Gasteiger charge is 2.09. The second-order valence-electron chi connectivity index (χ2n) is 5.97. The first-order valence-corrected chi connectivity index (χ1v) is 8.92. The summed E-state index contributed by atoms with van der Waals surface area (Å²) in [5.41, 5.74) is 7.10. The average Bonchev–Trinajstić information content (AvgIpc) is 3.09. The minimum atomic E-state index is 0.532. The van der Waals surface area contributed by atoms with Crippen LogP contribution in [0.4, 0.5) is 5.69 Å². The second kappa shape index (κ2) is 7.33. The standard InChI is InChI=1S/C21H19N3S/c1-14-7-9-17(10-8-14)20-13-25-21(24-20)18(11-22)12-23-19-6-4-5-15(2)16(19)3/h4-10,12-13,23H,1-3H3/b18-12-. The van der Waals surface area contributed by atoms with Gasteiger partial charge in [0, 0.05) is 22.8 Å². The largest absolute Gasteiger partial charge is 0.360 e. The van der Waals surface area contributed by atoms with Crippen LogP contribution in [0.3, 0.4) is 0 Å². The van der Waals surface area contributed by atoms with Crippen molar-refractivity contribution in [2.24, 2.45) is 0 Å². The van der Waals surface area contributed by atoms with Crippen molar-refractivity contribution in [2.75, 3.05) is 5.32 Å². The van der Waals surface area contributed by atoms with Gasteiger partial charge in [-0.05, 0) is 38.0 Å². The molecule has 25 heavy (non-hydrogen) atoms. The van der Waals surface area contributed by atoms with Crippen LogP contribution in [0, 0.1) is 32.1 Å². The van der Waals surface area contributed by atoms with Crippen LogP contribution in [0.2, 0.25) is 0 Å². The van der Waals surface area contributed by atoms with Gasteiger partial charge in [-0.25, -0.2) is 4.98 Å². The van der Waals surface area contributed by atoms with E-state index in [1.807, 2.05) is 17.5 Å². The van der Waals surface area contributed by atoms with Crippen LogP contribution in [0.15, 0.2) is 54.0 Å². The number of rotatable bonds is 4. The Kier molecular flexibility index (Phi) is 4.97. The van der Waals surface area contributed by atoms with E-state index in [2.05, 4.69) is 67.5 Å². The van der Waals surface area contributed by atoms with Gasteiger partial charge >= 0.3 is 0 Å². The minimum absolute atomic E-state index is 0.532. The number of nitrogens with zero attached hydrogens (tertiary/aromatic N) is 2. The van der Waals surface area contributed by atoms with Gasteiger partial charge in [0.25, 0.3) is 0 Å². The molecule has 2 aromatic carbocycles. The molecule has 0 bridgehead atoms. The molecule has 0 amide bonds. The molecule has 4 heteroatoms. The fourth-order valence-corrected chi connectivity index (χ4v) is 3.25. The quantitative estimate of drug-likeness (QED) is 0.616. The smallest absolute Gasteiger partial charge is 0.136 e. The summed E-state index contributed by atoms with van der Waals surface area (Å²) in [6, 6.07) is 16.6. The summed E-state index contributed by atoms with van der Waals surface area (Å²) in [6.45, 7) is 6.20. The summed E-state index contributed by atoms with van der Waals surface area (Å²) in [7, 11) is 0. The number of nitriles is 1. The van der Waals surface area contributed by atoms with E-state index in [0.717, 1.165) is 22.0 Å². The molecule has 1 heterocycles. The zero-order valence-electron chi connectivity index (χ0n) is 14.5. The van der Waals surface area contributed by atoms with Crippen LogP contribution >= 0.6 is 11.3 Å². The van der Waals surface area contributed by atoms with Crippen molar-refractivity contribution in [1.29, 1.82) is 5.26 Å². The normalized spacial score (nSPS) is 11.2. The van der Waals surface area contributed by atoms with Gasteiger partial charge in [0.2, 0.25) is 0 Å². The van der Waals surface area contributed by atoms with Crippen molar-refractivity contribution in [2.45, 2.75) is 20.8 Å². The minimum Gasteiger partial charge on any atom is -0.360 e. The lowest BCUT2D eigenvalue weighted by Crippen LogP contribution is -1.95. The first kappa shape index (κ1) is 16.9. The number of thiazole rings is 1. The Bertz CT molecular complexity index is 960. The lowest BCUT2D eigenvalue weighted by Gasteiger charge is -2.08. The lowest BCUT2D eigenvalue weighted by molar-refractivity contribution is 1.33. The number of benzene rings is 2. The summed E-state index contributed by atoms with van der Waals surface area (Å²) >= 11 is 1.48. The maximum absolute atomic E-state index is 9.51. The van der Waals surface area contributed by atoms with Crippen molar-refractivity contribution in [3.63, 3.8) is 0 Å². The van der Waals surface area contributed by atoms with E-state index >= 15 is 0 Å². The molecule has 0 unspecified atom stereocenters. The third-order valence-corrected chi connectivity index (χ3v) is 5.05. The van der Waals surface area contributed by atoms with E-state index in [1.165, 1.54) is 28.0 Å². The molecule has 124 valence electrons. The fraction of sp³-hybridized carbons (Fsp3) is 0.143. The van der Waals surface area contributed by atoms with Gasteiger partial charge in [-0.15, -0.1) is 11.3 Å². The van der Waals surface area contributed by atoms with Crippen molar-refractivity contribution < 1.29 is 0 Å². The van der Waals surface area contributed by atoms with Crippen LogP contribution in [0.25, 0.3) is 16.8 Å². The highest BCUT2D eigenvalue weighted by Crippen LogP contribution is 2.27. The first-order valence-electron chi connectivity index (χ1n) is 8.04. The molecule has 0 saturated carbocycles. The van der Waals surface area contributed by atoms with E-state index in [4.69, 9.17) is 0 Å². The SMILES string of the molecule is Cc1ccc(-c2csc(/C(C#N)=C\Nc3cccc(C)c3C)n2)cc1. The van der Waals surface area contributed by atoms with Crippen LogP contribution in [0.5, 0.6) is 0 Å². The maximum atomic E-state index is 9.51. The maximum Gasteiger partial charge on any atom is 0.136 e. The Morgan fingerprint density at radius 2 is 1.88 bits per heavy atom. The summed E-state index contributed by atoms with van der Waals surface area (Å²) in [6.07, 6.45) is 1.74. The number of anilines is 1. The molecule has 0 radical (unpaired) electrons. The number of aryl methyl sites for hydroxylation is 2. The summed E-state index contributed by atoms with van der Waals surface area (Å²) in [5.74, 6) is 0. The Labute approximate surface area is 152 Å². The molecule has 0 spiro atoms. The molecule has 1 N–H and O–H groups in total. The van der Waals surface area contributed by atoms with Gasteiger partial charge in [0.05, 0.1) is 5.69 Å². The predicted molar refractivity (Wildman–Crippen MR) is 105 cm³/mol. The van der Waals surface area contributed by atoms with Gasteiger partial charge in [0.15, 0.2) is 0 Å². The van der Waals surface area contributed by atoms with Crippen LogP contribution in [0.1, 0.15) is 21.7 Å². The number of hydrogen-bond donors (Lipinski definition) is 1. The monoisotopic (exact) mass is 345 g/mol. The van der Waals surface area contributed by atoms with Crippen LogP contribution in [-0.2, 0) is 0 Å². The number of aromatic nitrogens is 1. The van der Waals surface area contributed by atoms with Gasteiger partial charge in [-0.2, -0.15) is 5.26 Å². The van der Waals surface area contributed by atoms with Crippen molar-refractivity contribution in [3.8, 4) is 17.3 Å². The van der Waals surface area contributed by atoms with Gasteiger partial charge < -0.3 is 5.32 Å². The molecule has 0 aliphatic rings. The molecule has 3 rings (SSSR count). The Balaban J connectivity index is 1.85. The van der Waals surface area contributed by atoms with E-state index in [0.29, 0.717) is 5.57 Å². The molecule has 3 nitrogen and oxygen atoms in total. The van der Waals surface area contributed by atoms with E-state index in [1.54, 1.807) is 6.20 Å². The van der Waals surface area contributed by atoms with Crippen LogP contribution in [-0.4, -0.2) is 4.98 Å². The Morgan fingerprint density at radius 1 is 1.12 bits per heavy atom. The third kappa shape index (κ3) is 3.78. The van der Waals surface area contributed by atoms with Gasteiger partial charge in [-0.3, -0.25) is 0 Å². The van der Waals surface area contributed by atoms with Crippen molar-refractivity contribution >= 4 is 22.6 Å². The average molecular weight is 345 g/mol. The first-order chi connectivity index (χ1) is 12.1. The molecule has 1 aromatic heterocycles. The molecule has 0 atom stereocenters. The third-order valence-electron chi connectivity index (χ3n) is 4.18. The highest BCUT2D eigenvalue weighted by atomic mass is 32.1. The lowest BCUT2D eigenvalue weighted by atomic mass is 10.1. The summed E-state index contributed by atoms with van der Waals surface area (Å²) in [4.78, 5) is 4.62. The molecule has 0 saturated heterocycles. The zero-order chi connectivity index (χ0) is 17.8. The topological polar surface area (TPSA) is 48.7 Å². The predicted octanol–water partition coefficient (Wildman–Crippen LogP) is 5.71. The fourth-order valence-electron chi connectivity index (χ4n) is 2.45. The number of nitrogens with one attached hydrogen (secondary N) is 1. The molecule has 0 aliphatic carbocycles. The van der Waals surface area contributed by atoms with E-state index in [-0.39, 0.29) is 0 Å². The number of hydrogen-bond acceptors (Lipinski definition) is 4. The van der Waals surface area contributed by atoms with Crippen molar-refractivity contribution in [3.05, 3.63) is 75.7 Å². The molecule has 0 fully saturated rings. The van der Waals surface area contributed by atoms with E-state index in [9.17, 15) is 5.26 Å². The highest BCUT2D eigenvalue weighted by molar-refractivity contribution is 7.11. The van der Waals surface area contributed by atoms with Gasteiger partial charge in [0.1, 0.15) is 16.6 Å². The molecule has 3 aromatic rings. The molecular formula is C21H19N3S. The summed E-state index contributed by atoms with van der Waals surface area (Å²) in [5, 5.41) is 15.5. The van der Waals surface area contributed by atoms with Crippen LogP contribution < -0.4 is 5.32 Å². The number of allylic oxidation sites excluding steroid dienone is 1. The Morgan fingerprint density at radius 3 is 2.60 bits per heavy atom. The van der Waals surface area contributed by atoms with E-state index < -0.39 is 0 Å². The second-order valence-corrected chi connectivity index (χ2v) is 6.82. The van der Waals surface area contributed by atoms with Crippen molar-refractivity contribution in [1.82, 2.24) is 4.98 Å². The summed E-state index contributed by atoms with van der Waals surface area (Å²) < 4.78 is 0.